The molecule has 100 valence electrons. The summed E-state index contributed by atoms with van der Waals surface area (Å²) in [4.78, 5) is 13.1. The standard InChI is InChI=1S/C15H18N2OS/c1-4-5-13-15(19-17-16-13)14(18)12-8-6-11(7-9-12)10(2)3/h6-10H,4-5H2,1-3H3. The van der Waals surface area contributed by atoms with Gasteiger partial charge in [0.2, 0.25) is 5.78 Å². The van der Waals surface area contributed by atoms with Crippen molar-refractivity contribution in [1.29, 1.82) is 0 Å². The zero-order chi connectivity index (χ0) is 13.8. The van der Waals surface area contributed by atoms with Gasteiger partial charge in [-0.2, -0.15) is 0 Å². The normalized spacial score (nSPS) is 10.9. The van der Waals surface area contributed by atoms with Crippen LogP contribution in [0.3, 0.4) is 0 Å². The third-order valence-corrected chi connectivity index (χ3v) is 3.86. The number of carbonyl (C=O) groups excluding carboxylic acids is 1. The van der Waals surface area contributed by atoms with E-state index in [4.69, 9.17) is 0 Å². The van der Waals surface area contributed by atoms with E-state index >= 15 is 0 Å². The summed E-state index contributed by atoms with van der Waals surface area (Å²) in [6.07, 6.45) is 1.78. The van der Waals surface area contributed by atoms with Gasteiger partial charge in [-0.25, -0.2) is 0 Å². The first-order chi connectivity index (χ1) is 9.13. The fourth-order valence-corrected chi connectivity index (χ4v) is 2.60. The molecule has 0 amide bonds. The summed E-state index contributed by atoms with van der Waals surface area (Å²) >= 11 is 1.19. The predicted molar refractivity (Wildman–Crippen MR) is 77.9 cm³/mol. The lowest BCUT2D eigenvalue weighted by atomic mass is 9.99. The maximum Gasteiger partial charge on any atom is 0.206 e. The Morgan fingerprint density at radius 2 is 1.95 bits per heavy atom. The summed E-state index contributed by atoms with van der Waals surface area (Å²) in [5.41, 5.74) is 2.78. The monoisotopic (exact) mass is 274 g/mol. The maximum atomic E-state index is 12.4. The molecule has 19 heavy (non-hydrogen) atoms. The van der Waals surface area contributed by atoms with Gasteiger partial charge >= 0.3 is 0 Å². The lowest BCUT2D eigenvalue weighted by Crippen LogP contribution is -2.03. The van der Waals surface area contributed by atoms with Gasteiger partial charge in [-0.1, -0.05) is 55.9 Å². The Balaban J connectivity index is 2.26. The molecular weight excluding hydrogens is 256 g/mol. The van der Waals surface area contributed by atoms with Crippen molar-refractivity contribution in [3.05, 3.63) is 46.0 Å². The second-order valence-electron chi connectivity index (χ2n) is 4.90. The van der Waals surface area contributed by atoms with Gasteiger partial charge in [0.05, 0.1) is 5.69 Å². The van der Waals surface area contributed by atoms with Crippen molar-refractivity contribution in [3.63, 3.8) is 0 Å². The molecule has 0 radical (unpaired) electrons. The third kappa shape index (κ3) is 3.07. The Morgan fingerprint density at radius 1 is 1.26 bits per heavy atom. The fraction of sp³-hybridized carbons (Fsp3) is 0.400. The Labute approximate surface area is 117 Å². The van der Waals surface area contributed by atoms with Gasteiger partial charge < -0.3 is 0 Å². The van der Waals surface area contributed by atoms with Crippen molar-refractivity contribution in [1.82, 2.24) is 9.59 Å². The van der Waals surface area contributed by atoms with E-state index in [1.807, 2.05) is 24.3 Å². The van der Waals surface area contributed by atoms with Crippen LogP contribution < -0.4 is 0 Å². The topological polar surface area (TPSA) is 42.9 Å². The molecule has 1 aromatic heterocycles. The summed E-state index contributed by atoms with van der Waals surface area (Å²) in [6.45, 7) is 6.36. The molecule has 0 unspecified atom stereocenters. The average molecular weight is 274 g/mol. The second kappa shape index (κ2) is 6.06. The molecule has 1 heterocycles. The van der Waals surface area contributed by atoms with Gasteiger partial charge in [0.25, 0.3) is 0 Å². The number of aryl methyl sites for hydroxylation is 1. The first-order valence-electron chi connectivity index (χ1n) is 6.59. The fourth-order valence-electron chi connectivity index (χ4n) is 1.93. The molecule has 0 saturated heterocycles. The van der Waals surface area contributed by atoms with Crippen molar-refractivity contribution in [2.45, 2.75) is 39.5 Å². The molecule has 4 heteroatoms. The van der Waals surface area contributed by atoms with Crippen molar-refractivity contribution < 1.29 is 4.79 Å². The van der Waals surface area contributed by atoms with Crippen LogP contribution in [0.2, 0.25) is 0 Å². The van der Waals surface area contributed by atoms with Gasteiger partial charge in [0.15, 0.2) is 0 Å². The van der Waals surface area contributed by atoms with E-state index in [2.05, 4.69) is 30.4 Å². The zero-order valence-corrected chi connectivity index (χ0v) is 12.3. The minimum atomic E-state index is 0.0359. The van der Waals surface area contributed by atoms with Gasteiger partial charge in [-0.15, -0.1) is 5.10 Å². The first-order valence-corrected chi connectivity index (χ1v) is 7.36. The molecule has 0 spiro atoms. The van der Waals surface area contributed by atoms with Gasteiger partial charge in [-0.3, -0.25) is 4.79 Å². The SMILES string of the molecule is CCCc1nnsc1C(=O)c1ccc(C(C)C)cc1. The summed E-state index contributed by atoms with van der Waals surface area (Å²) < 4.78 is 3.90. The van der Waals surface area contributed by atoms with E-state index in [1.165, 1.54) is 17.1 Å². The molecule has 0 bridgehead atoms. The zero-order valence-electron chi connectivity index (χ0n) is 11.5. The number of hydrogen-bond acceptors (Lipinski definition) is 4. The number of rotatable bonds is 5. The summed E-state index contributed by atoms with van der Waals surface area (Å²) in [6, 6.07) is 7.83. The van der Waals surface area contributed by atoms with Crippen LogP contribution >= 0.6 is 11.5 Å². The van der Waals surface area contributed by atoms with Crippen LogP contribution in [0.1, 0.15) is 59.6 Å². The molecule has 0 atom stereocenters. The highest BCUT2D eigenvalue weighted by Gasteiger charge is 2.17. The third-order valence-electron chi connectivity index (χ3n) is 3.09. The lowest BCUT2D eigenvalue weighted by molar-refractivity contribution is 0.104. The smallest absolute Gasteiger partial charge is 0.206 e. The second-order valence-corrected chi connectivity index (χ2v) is 5.66. The Morgan fingerprint density at radius 3 is 2.53 bits per heavy atom. The molecule has 1 aromatic carbocycles. The number of nitrogens with zero attached hydrogens (tertiary/aromatic N) is 2. The van der Waals surface area contributed by atoms with E-state index in [1.54, 1.807) is 0 Å². The largest absolute Gasteiger partial charge is 0.288 e. The maximum absolute atomic E-state index is 12.4. The molecule has 0 saturated carbocycles. The summed E-state index contributed by atoms with van der Waals surface area (Å²) in [5.74, 6) is 0.513. The molecule has 0 aliphatic heterocycles. The molecule has 0 N–H and O–H groups in total. The Hall–Kier alpha value is -1.55. The van der Waals surface area contributed by atoms with Crippen LogP contribution in [0.4, 0.5) is 0 Å². The predicted octanol–water partition coefficient (Wildman–Crippen LogP) is 3.85. The van der Waals surface area contributed by atoms with Crippen molar-refractivity contribution in [2.24, 2.45) is 0 Å². The number of hydrogen-bond donors (Lipinski definition) is 0. The lowest BCUT2D eigenvalue weighted by Gasteiger charge is -2.06. The van der Waals surface area contributed by atoms with Gasteiger partial charge in [-0.05, 0) is 29.4 Å². The first kappa shape index (κ1) is 13.9. The molecule has 0 aliphatic rings. The Bertz CT molecular complexity index is 558. The van der Waals surface area contributed by atoms with Crippen molar-refractivity contribution >= 4 is 17.3 Å². The number of aromatic nitrogens is 2. The van der Waals surface area contributed by atoms with E-state index in [9.17, 15) is 4.79 Å². The van der Waals surface area contributed by atoms with Gasteiger partial charge in [0.1, 0.15) is 4.88 Å². The Kier molecular flexibility index (Phi) is 4.43. The molecule has 2 rings (SSSR count). The van der Waals surface area contributed by atoms with E-state index in [0.29, 0.717) is 16.4 Å². The van der Waals surface area contributed by atoms with Crippen LogP contribution in [-0.2, 0) is 6.42 Å². The minimum Gasteiger partial charge on any atom is -0.288 e. The quantitative estimate of drug-likeness (QED) is 0.778. The average Bonchev–Trinajstić information content (AvgIpc) is 2.87. The van der Waals surface area contributed by atoms with Gasteiger partial charge in [0, 0.05) is 5.56 Å². The highest BCUT2D eigenvalue weighted by molar-refractivity contribution is 7.08. The summed E-state index contributed by atoms with van der Waals surface area (Å²) in [5, 5.41) is 4.05. The molecule has 0 aliphatic carbocycles. The number of benzene rings is 1. The highest BCUT2D eigenvalue weighted by Crippen LogP contribution is 2.20. The van der Waals surface area contributed by atoms with E-state index in [0.717, 1.165) is 18.5 Å². The molecule has 3 nitrogen and oxygen atoms in total. The van der Waals surface area contributed by atoms with Crippen LogP contribution in [0, 0.1) is 0 Å². The summed E-state index contributed by atoms with van der Waals surface area (Å²) in [7, 11) is 0. The van der Waals surface area contributed by atoms with Crippen molar-refractivity contribution in [3.8, 4) is 0 Å². The number of carbonyl (C=O) groups is 1. The minimum absolute atomic E-state index is 0.0359. The van der Waals surface area contributed by atoms with Crippen LogP contribution in [0.15, 0.2) is 24.3 Å². The van der Waals surface area contributed by atoms with Crippen molar-refractivity contribution in [2.75, 3.05) is 0 Å². The molecule has 0 fully saturated rings. The van der Waals surface area contributed by atoms with Crippen LogP contribution in [0.25, 0.3) is 0 Å². The van der Waals surface area contributed by atoms with Crippen LogP contribution in [-0.4, -0.2) is 15.4 Å². The van der Waals surface area contributed by atoms with Crippen LogP contribution in [0.5, 0.6) is 0 Å². The number of ketones is 1. The van der Waals surface area contributed by atoms with E-state index < -0.39 is 0 Å². The molecular formula is C15H18N2OS. The molecule has 2 aromatic rings. The highest BCUT2D eigenvalue weighted by atomic mass is 32.1. The van der Waals surface area contributed by atoms with E-state index in [-0.39, 0.29) is 5.78 Å².